The molecule has 0 aromatic carbocycles. The zero-order valence-corrected chi connectivity index (χ0v) is 21.0. The van der Waals surface area contributed by atoms with Gasteiger partial charge in [-0.05, 0) is 112 Å². The SMILES string of the molecule is CC.CSCO[C@]1(C)CC[C@@]2(C)C(CC[C@H]3C2CC[C@@]2(C)C3CC[C@@H]2C(C)=O)C1.[HH].[HH].[HH]. The van der Waals surface area contributed by atoms with E-state index in [1.54, 1.807) is 11.8 Å². The van der Waals surface area contributed by atoms with Crippen LogP contribution in [0.3, 0.4) is 0 Å². The maximum absolute atomic E-state index is 12.3. The minimum atomic E-state index is 0. The van der Waals surface area contributed by atoms with Crippen molar-refractivity contribution in [3.05, 3.63) is 0 Å². The molecule has 29 heavy (non-hydrogen) atoms. The summed E-state index contributed by atoms with van der Waals surface area (Å²) in [5, 5.41) is 0. The van der Waals surface area contributed by atoms with E-state index in [2.05, 4.69) is 27.0 Å². The van der Waals surface area contributed by atoms with E-state index in [0.717, 1.165) is 36.0 Å². The van der Waals surface area contributed by atoms with Crippen molar-refractivity contribution in [3.63, 3.8) is 0 Å². The Morgan fingerprint density at radius 2 is 1.66 bits per heavy atom. The normalized spacial score (nSPS) is 48.6. The molecular formula is C26H52O2S. The molecule has 0 amide bonds. The van der Waals surface area contributed by atoms with Crippen LogP contribution in [-0.2, 0) is 9.53 Å². The highest BCUT2D eigenvalue weighted by Gasteiger charge is 2.61. The molecule has 0 heterocycles. The molecule has 4 aliphatic carbocycles. The molecule has 4 fully saturated rings. The predicted molar refractivity (Wildman–Crippen MR) is 131 cm³/mol. The summed E-state index contributed by atoms with van der Waals surface area (Å²) in [6.45, 7) is 13.3. The average molecular weight is 429 g/mol. The van der Waals surface area contributed by atoms with E-state index in [-0.39, 0.29) is 9.88 Å². The topological polar surface area (TPSA) is 26.3 Å². The lowest BCUT2D eigenvalue weighted by atomic mass is 9.44. The maximum atomic E-state index is 12.3. The van der Waals surface area contributed by atoms with E-state index in [9.17, 15) is 4.79 Å². The van der Waals surface area contributed by atoms with Crippen LogP contribution in [0.1, 0.15) is 104 Å². The van der Waals surface area contributed by atoms with Crippen molar-refractivity contribution >= 4 is 17.5 Å². The lowest BCUT2D eigenvalue weighted by Crippen LogP contribution is -2.56. The van der Waals surface area contributed by atoms with Gasteiger partial charge in [0.2, 0.25) is 0 Å². The Bertz CT molecular complexity index is 606. The Kier molecular flexibility index (Phi) is 7.21. The molecule has 2 nitrogen and oxygen atoms in total. The van der Waals surface area contributed by atoms with Crippen LogP contribution in [0.15, 0.2) is 0 Å². The first-order valence-corrected chi connectivity index (χ1v) is 13.8. The number of ketones is 1. The molecule has 0 radical (unpaired) electrons. The van der Waals surface area contributed by atoms with Crippen LogP contribution in [-0.4, -0.2) is 23.6 Å². The van der Waals surface area contributed by atoms with Crippen LogP contribution in [0.4, 0.5) is 0 Å². The monoisotopic (exact) mass is 428 g/mol. The van der Waals surface area contributed by atoms with Gasteiger partial charge in [0.05, 0.1) is 11.5 Å². The number of fused-ring (bicyclic) bond motifs is 5. The highest BCUT2D eigenvalue weighted by Crippen LogP contribution is 2.68. The molecule has 0 bridgehead atoms. The molecule has 4 rings (SSSR count). The van der Waals surface area contributed by atoms with Crippen LogP contribution < -0.4 is 0 Å². The van der Waals surface area contributed by atoms with E-state index < -0.39 is 0 Å². The third-order valence-corrected chi connectivity index (χ3v) is 10.3. The number of Topliss-reactive ketones (excluding diaryl/α,β-unsaturated/α-hetero) is 1. The predicted octanol–water partition coefficient (Wildman–Crippen LogP) is 8.09. The first kappa shape index (κ1) is 23.6. The third kappa shape index (κ3) is 3.97. The summed E-state index contributed by atoms with van der Waals surface area (Å²) in [6, 6.07) is 0. The number of thioether (sulfide) groups is 1. The standard InChI is InChI=1S/C24H40O2S.C2H6.3H2/c1-16(25)19-8-9-20-18-7-6-17-14-22(2,26-15-27-5)12-13-23(17,3)21(18)10-11-24(19,20)4;1-2;;;/h17-21H,6-15H2,1-5H3;1-2H3;3*1H/t17?,18-,19-,20?,21?,22-,23+,24-;;;;/m1..../s1. The van der Waals surface area contributed by atoms with Crippen LogP contribution in [0.5, 0.6) is 0 Å². The van der Waals surface area contributed by atoms with Gasteiger partial charge in [-0.2, -0.15) is 0 Å². The van der Waals surface area contributed by atoms with Crippen molar-refractivity contribution in [2.45, 2.75) is 105 Å². The number of carbonyl (C=O) groups excluding carboxylic acids is 1. The molecule has 0 aliphatic heterocycles. The Labute approximate surface area is 189 Å². The van der Waals surface area contributed by atoms with Crippen molar-refractivity contribution in [3.8, 4) is 0 Å². The van der Waals surface area contributed by atoms with Crippen molar-refractivity contribution in [2.24, 2.45) is 40.4 Å². The van der Waals surface area contributed by atoms with Gasteiger partial charge in [-0.15, -0.1) is 11.8 Å². The van der Waals surface area contributed by atoms with E-state index in [1.807, 2.05) is 20.8 Å². The smallest absolute Gasteiger partial charge is 0.133 e. The highest BCUT2D eigenvalue weighted by molar-refractivity contribution is 7.98. The molecule has 3 heteroatoms. The molecule has 4 aliphatic rings. The molecular weight excluding hydrogens is 376 g/mol. The molecule has 8 atom stereocenters. The zero-order chi connectivity index (χ0) is 21.4. The van der Waals surface area contributed by atoms with Crippen LogP contribution in [0.2, 0.25) is 0 Å². The number of hydrogen-bond donors (Lipinski definition) is 0. The first-order valence-electron chi connectivity index (χ1n) is 12.4. The molecule has 3 unspecified atom stereocenters. The van der Waals surface area contributed by atoms with Crippen molar-refractivity contribution in [1.29, 1.82) is 0 Å². The fraction of sp³-hybridized carbons (Fsp3) is 0.962. The minimum Gasteiger partial charge on any atom is -0.365 e. The lowest BCUT2D eigenvalue weighted by molar-refractivity contribution is -0.158. The van der Waals surface area contributed by atoms with Gasteiger partial charge < -0.3 is 4.74 Å². The van der Waals surface area contributed by atoms with Gasteiger partial charge in [0, 0.05) is 10.2 Å². The first-order chi connectivity index (χ1) is 13.7. The maximum Gasteiger partial charge on any atom is 0.133 e. The van der Waals surface area contributed by atoms with Gasteiger partial charge in [0.25, 0.3) is 0 Å². The quantitative estimate of drug-likeness (QED) is 0.423. The average Bonchev–Trinajstić information content (AvgIpc) is 3.06. The van der Waals surface area contributed by atoms with Gasteiger partial charge in [0.1, 0.15) is 5.78 Å². The van der Waals surface area contributed by atoms with Gasteiger partial charge in [-0.1, -0.05) is 27.7 Å². The fourth-order valence-electron chi connectivity index (χ4n) is 8.42. The Hall–Kier alpha value is -0.0200. The Morgan fingerprint density at radius 1 is 0.966 bits per heavy atom. The van der Waals surface area contributed by atoms with Gasteiger partial charge in [-0.25, -0.2) is 0 Å². The fourth-order valence-corrected chi connectivity index (χ4v) is 8.82. The highest BCUT2D eigenvalue weighted by atomic mass is 32.2. The molecule has 0 aromatic rings. The summed E-state index contributed by atoms with van der Waals surface area (Å²) in [4.78, 5) is 12.3. The van der Waals surface area contributed by atoms with Gasteiger partial charge in [-0.3, -0.25) is 4.79 Å². The Balaban J connectivity index is 0.00000187. The van der Waals surface area contributed by atoms with Crippen LogP contribution in [0, 0.1) is 40.4 Å². The number of carbonyl (C=O) groups is 1. The largest absolute Gasteiger partial charge is 0.365 e. The summed E-state index contributed by atoms with van der Waals surface area (Å²) in [6.07, 6.45) is 13.8. The molecule has 0 aromatic heterocycles. The third-order valence-electron chi connectivity index (χ3n) is 9.95. The molecule has 0 saturated heterocycles. The summed E-state index contributed by atoms with van der Waals surface area (Å²) in [5.74, 6) is 4.99. The van der Waals surface area contributed by atoms with E-state index >= 15 is 0 Å². The second-order valence-corrected chi connectivity index (χ2v) is 12.0. The minimum absolute atomic E-state index is 0. The second-order valence-electron chi connectivity index (χ2n) is 11.1. The van der Waals surface area contributed by atoms with Gasteiger partial charge >= 0.3 is 0 Å². The van der Waals surface area contributed by atoms with Crippen molar-refractivity contribution in [1.82, 2.24) is 0 Å². The Morgan fingerprint density at radius 3 is 2.31 bits per heavy atom. The summed E-state index contributed by atoms with van der Waals surface area (Å²) in [7, 11) is 0. The second kappa shape index (κ2) is 8.85. The van der Waals surface area contributed by atoms with E-state index in [1.165, 1.54) is 51.4 Å². The zero-order valence-electron chi connectivity index (χ0n) is 20.2. The van der Waals surface area contributed by atoms with Crippen molar-refractivity contribution in [2.75, 3.05) is 12.2 Å². The molecule has 0 N–H and O–H groups in total. The summed E-state index contributed by atoms with van der Waals surface area (Å²) in [5.41, 5.74) is 0.887. The molecule has 174 valence electrons. The lowest BCUT2D eigenvalue weighted by Gasteiger charge is -2.62. The number of rotatable bonds is 4. The molecule has 4 saturated carbocycles. The molecule has 0 spiro atoms. The summed E-state index contributed by atoms with van der Waals surface area (Å²) < 4.78 is 6.30. The van der Waals surface area contributed by atoms with Crippen molar-refractivity contribution < 1.29 is 13.8 Å². The van der Waals surface area contributed by atoms with Gasteiger partial charge in [0.15, 0.2) is 0 Å². The van der Waals surface area contributed by atoms with E-state index in [0.29, 0.717) is 22.5 Å². The van der Waals surface area contributed by atoms with E-state index in [4.69, 9.17) is 4.74 Å². The number of ether oxygens (including phenoxy) is 1. The van der Waals surface area contributed by atoms with Crippen LogP contribution in [0.25, 0.3) is 0 Å². The summed E-state index contributed by atoms with van der Waals surface area (Å²) >= 11 is 1.80. The van der Waals surface area contributed by atoms with Crippen LogP contribution >= 0.6 is 11.8 Å². The number of hydrogen-bond acceptors (Lipinski definition) is 3.